The summed E-state index contributed by atoms with van der Waals surface area (Å²) in [5, 5.41) is -1.04. The van der Waals surface area contributed by atoms with Crippen molar-refractivity contribution < 1.29 is 25.3 Å². The number of hydrogen-bond donors (Lipinski definition) is 1. The molecule has 0 aromatic heterocycles. The summed E-state index contributed by atoms with van der Waals surface area (Å²) >= 11 is 0. The Morgan fingerprint density at radius 3 is 2.25 bits per heavy atom. The molecule has 1 heterocycles. The largest absolute Gasteiger partial charge is 0.240 e. The molecule has 0 spiro atoms. The van der Waals surface area contributed by atoms with Crippen LogP contribution in [0.3, 0.4) is 0 Å². The van der Waals surface area contributed by atoms with Crippen molar-refractivity contribution in [2.24, 2.45) is 0 Å². The highest BCUT2D eigenvalue weighted by Crippen LogP contribution is 2.26. The molecular weight excluding hydrogens is 422 g/mol. The maximum Gasteiger partial charge on any atom is 0.240 e. The Morgan fingerprint density at radius 1 is 0.929 bits per heavy atom. The van der Waals surface area contributed by atoms with Crippen LogP contribution in [0.15, 0.2) is 64.4 Å². The van der Waals surface area contributed by atoms with Gasteiger partial charge in [0.15, 0.2) is 19.7 Å². The SMILES string of the molecule is O=S1(=O)CC[C@H](S(=O)(=O)c2cccc(S(=O)(=O)NCCc3ccccc3)c2)C1. The molecule has 1 aliphatic rings. The Morgan fingerprint density at radius 2 is 1.61 bits per heavy atom. The molecule has 10 heteroatoms. The molecule has 0 saturated carbocycles. The maximum atomic E-state index is 12.7. The van der Waals surface area contributed by atoms with E-state index in [9.17, 15) is 25.3 Å². The molecule has 152 valence electrons. The van der Waals surface area contributed by atoms with Crippen LogP contribution in [0.4, 0.5) is 0 Å². The zero-order valence-electron chi connectivity index (χ0n) is 15.0. The lowest BCUT2D eigenvalue weighted by atomic mass is 10.2. The fourth-order valence-electron chi connectivity index (χ4n) is 3.07. The van der Waals surface area contributed by atoms with E-state index in [1.165, 1.54) is 18.2 Å². The second kappa shape index (κ2) is 7.94. The van der Waals surface area contributed by atoms with Gasteiger partial charge in [-0.3, -0.25) is 0 Å². The molecule has 0 bridgehead atoms. The van der Waals surface area contributed by atoms with Gasteiger partial charge in [0.05, 0.1) is 26.5 Å². The minimum Gasteiger partial charge on any atom is -0.229 e. The molecule has 1 atom stereocenters. The lowest BCUT2D eigenvalue weighted by Gasteiger charge is -2.12. The lowest BCUT2D eigenvalue weighted by molar-refractivity contribution is 0.579. The second-order valence-corrected chi connectivity index (χ2v) is 12.9. The van der Waals surface area contributed by atoms with Gasteiger partial charge in [-0.25, -0.2) is 30.0 Å². The van der Waals surface area contributed by atoms with Gasteiger partial charge >= 0.3 is 0 Å². The third-order valence-corrected chi connectivity index (χ3v) is 10.3. The zero-order chi connectivity index (χ0) is 20.4. The van der Waals surface area contributed by atoms with Crippen LogP contribution in [-0.4, -0.2) is 48.6 Å². The first-order chi connectivity index (χ1) is 13.1. The molecule has 0 aliphatic carbocycles. The molecule has 0 radical (unpaired) electrons. The number of sulfone groups is 2. The number of nitrogens with one attached hydrogen (secondary N) is 1. The maximum absolute atomic E-state index is 12.7. The molecule has 7 nitrogen and oxygen atoms in total. The smallest absolute Gasteiger partial charge is 0.229 e. The Hall–Kier alpha value is -1.75. The molecule has 1 saturated heterocycles. The van der Waals surface area contributed by atoms with E-state index in [1.807, 2.05) is 30.3 Å². The Balaban J connectivity index is 1.76. The minimum absolute atomic E-state index is 0.0248. The summed E-state index contributed by atoms with van der Waals surface area (Å²) in [5.74, 6) is -0.600. The molecule has 1 N–H and O–H groups in total. The van der Waals surface area contributed by atoms with Gasteiger partial charge < -0.3 is 0 Å². The van der Waals surface area contributed by atoms with Crippen LogP contribution >= 0.6 is 0 Å². The van der Waals surface area contributed by atoms with Gasteiger partial charge in [-0.2, -0.15) is 0 Å². The molecule has 1 fully saturated rings. The predicted octanol–water partition coefficient (Wildman–Crippen LogP) is 1.17. The average Bonchev–Trinajstić information content (AvgIpc) is 3.03. The van der Waals surface area contributed by atoms with E-state index in [0.717, 1.165) is 11.6 Å². The summed E-state index contributed by atoms with van der Waals surface area (Å²) in [6, 6.07) is 14.4. The summed E-state index contributed by atoms with van der Waals surface area (Å²) in [6.45, 7) is 0.171. The fourth-order valence-corrected chi connectivity index (χ4v) is 8.63. The number of sulfonamides is 1. The lowest BCUT2D eigenvalue weighted by Crippen LogP contribution is -2.27. The van der Waals surface area contributed by atoms with Crippen LogP contribution in [0.2, 0.25) is 0 Å². The molecule has 2 aromatic rings. The predicted molar refractivity (Wildman–Crippen MR) is 106 cm³/mol. The van der Waals surface area contributed by atoms with E-state index in [4.69, 9.17) is 0 Å². The van der Waals surface area contributed by atoms with Crippen molar-refractivity contribution in [2.75, 3.05) is 18.1 Å². The number of hydrogen-bond acceptors (Lipinski definition) is 6. The van der Waals surface area contributed by atoms with Crippen LogP contribution in [0.25, 0.3) is 0 Å². The summed E-state index contributed by atoms with van der Waals surface area (Å²) in [6.07, 6.45) is 0.523. The monoisotopic (exact) mass is 443 g/mol. The van der Waals surface area contributed by atoms with Crippen molar-refractivity contribution in [3.63, 3.8) is 0 Å². The van der Waals surface area contributed by atoms with Crippen LogP contribution in [0.5, 0.6) is 0 Å². The quantitative estimate of drug-likeness (QED) is 0.687. The van der Waals surface area contributed by atoms with E-state index in [1.54, 1.807) is 0 Å². The third-order valence-electron chi connectivity index (χ3n) is 4.62. The summed E-state index contributed by atoms with van der Waals surface area (Å²) in [7, 11) is -11.2. The highest BCUT2D eigenvalue weighted by molar-refractivity contribution is 7.96. The summed E-state index contributed by atoms with van der Waals surface area (Å²) < 4.78 is 76.2. The van der Waals surface area contributed by atoms with Gasteiger partial charge in [0.2, 0.25) is 10.0 Å². The molecule has 3 rings (SSSR count). The number of rotatable bonds is 7. The normalized spacial score (nSPS) is 19.5. The van der Waals surface area contributed by atoms with E-state index in [-0.39, 0.29) is 28.5 Å². The molecular formula is C18H21NO6S3. The second-order valence-electron chi connectivity index (χ2n) is 6.68. The Labute approximate surface area is 165 Å². The van der Waals surface area contributed by atoms with E-state index >= 15 is 0 Å². The highest BCUT2D eigenvalue weighted by Gasteiger charge is 2.38. The highest BCUT2D eigenvalue weighted by atomic mass is 32.2. The average molecular weight is 444 g/mol. The van der Waals surface area contributed by atoms with Crippen LogP contribution in [0.1, 0.15) is 12.0 Å². The van der Waals surface area contributed by atoms with Crippen molar-refractivity contribution in [2.45, 2.75) is 27.9 Å². The van der Waals surface area contributed by atoms with Crippen LogP contribution < -0.4 is 4.72 Å². The summed E-state index contributed by atoms with van der Waals surface area (Å²) in [5.41, 5.74) is 0.976. The summed E-state index contributed by atoms with van der Waals surface area (Å²) in [4.78, 5) is -0.344. The van der Waals surface area contributed by atoms with E-state index in [0.29, 0.717) is 6.42 Å². The van der Waals surface area contributed by atoms with Gasteiger partial charge in [-0.1, -0.05) is 36.4 Å². The molecule has 28 heavy (non-hydrogen) atoms. The van der Waals surface area contributed by atoms with Crippen molar-refractivity contribution >= 4 is 29.7 Å². The minimum atomic E-state index is -3.93. The third kappa shape index (κ3) is 4.80. The topological polar surface area (TPSA) is 114 Å². The van der Waals surface area contributed by atoms with Gasteiger partial charge in [0.1, 0.15) is 0 Å². The van der Waals surface area contributed by atoms with Crippen molar-refractivity contribution in [1.82, 2.24) is 4.72 Å². The van der Waals surface area contributed by atoms with Crippen molar-refractivity contribution in [1.29, 1.82) is 0 Å². The van der Waals surface area contributed by atoms with E-state index < -0.39 is 40.7 Å². The van der Waals surface area contributed by atoms with Gasteiger partial charge in [0.25, 0.3) is 0 Å². The van der Waals surface area contributed by atoms with Gasteiger partial charge in [-0.05, 0) is 36.6 Å². The first-order valence-corrected chi connectivity index (χ1v) is 13.5. The van der Waals surface area contributed by atoms with E-state index in [2.05, 4.69) is 4.72 Å². The number of benzene rings is 2. The molecule has 0 amide bonds. The van der Waals surface area contributed by atoms with Gasteiger partial charge in [-0.15, -0.1) is 0 Å². The van der Waals surface area contributed by atoms with Crippen LogP contribution in [-0.2, 0) is 36.1 Å². The first kappa shape index (κ1) is 21.0. The standard InChI is InChI=1S/C18H21NO6S3/c20-26(21)12-10-18(14-26)27(22,23)16-7-4-8-17(13-16)28(24,25)19-11-9-15-5-2-1-3-6-15/h1-8,13,18-19H,9-12,14H2/t18-/m0/s1. The van der Waals surface area contributed by atoms with Gasteiger partial charge in [0, 0.05) is 6.54 Å². The van der Waals surface area contributed by atoms with Crippen molar-refractivity contribution in [3.05, 3.63) is 60.2 Å². The van der Waals surface area contributed by atoms with Crippen LogP contribution in [0, 0.1) is 0 Å². The molecule has 0 unspecified atom stereocenters. The Kier molecular flexibility index (Phi) is 5.95. The first-order valence-electron chi connectivity index (χ1n) is 8.68. The molecule has 1 aliphatic heterocycles. The fraction of sp³-hybridized carbons (Fsp3) is 0.333. The Bertz CT molecular complexity index is 1160. The molecule has 2 aromatic carbocycles. The zero-order valence-corrected chi connectivity index (χ0v) is 17.4. The van der Waals surface area contributed by atoms with Crippen molar-refractivity contribution in [3.8, 4) is 0 Å².